The molecule has 4 heteroatoms. The summed E-state index contributed by atoms with van der Waals surface area (Å²) in [7, 11) is 2.05. The number of piperazine rings is 1. The highest BCUT2D eigenvalue weighted by Gasteiger charge is 2.22. The Morgan fingerprint density at radius 2 is 2.19 bits per heavy atom. The molecule has 0 radical (unpaired) electrons. The summed E-state index contributed by atoms with van der Waals surface area (Å²) in [5.41, 5.74) is 0. The first-order valence-corrected chi connectivity index (χ1v) is 6.22. The molecule has 1 unspecified atom stereocenters. The van der Waals surface area contributed by atoms with Crippen molar-refractivity contribution in [2.75, 3.05) is 39.8 Å². The van der Waals surface area contributed by atoms with Gasteiger partial charge in [-0.3, -0.25) is 9.69 Å². The van der Waals surface area contributed by atoms with Crippen molar-refractivity contribution >= 4 is 5.78 Å². The number of ketones is 1. The molecular formula is C12H24N2O2. The quantitative estimate of drug-likeness (QED) is 0.712. The standard InChI is InChI=1S/C12H24N2O2/c1-3-12(16)5-4-6-14-8-7-13(2)11(9-14)10-15/h11,15H,3-10H2,1-2H3. The van der Waals surface area contributed by atoms with E-state index in [1.807, 2.05) is 6.92 Å². The second-order valence-corrected chi connectivity index (χ2v) is 4.61. The van der Waals surface area contributed by atoms with Crippen molar-refractivity contribution in [1.82, 2.24) is 9.80 Å². The maximum absolute atomic E-state index is 11.2. The predicted octanol–water partition coefficient (Wildman–Crippen LogP) is 0.354. The van der Waals surface area contributed by atoms with Gasteiger partial charge in [0.2, 0.25) is 0 Å². The molecule has 1 heterocycles. The van der Waals surface area contributed by atoms with Crippen LogP contribution < -0.4 is 0 Å². The van der Waals surface area contributed by atoms with E-state index in [-0.39, 0.29) is 12.6 Å². The van der Waals surface area contributed by atoms with E-state index in [0.29, 0.717) is 18.6 Å². The highest BCUT2D eigenvalue weighted by molar-refractivity contribution is 5.77. The second-order valence-electron chi connectivity index (χ2n) is 4.61. The molecule has 0 aliphatic carbocycles. The molecule has 1 aliphatic heterocycles. The first-order chi connectivity index (χ1) is 7.67. The third kappa shape index (κ3) is 4.20. The van der Waals surface area contributed by atoms with Gasteiger partial charge >= 0.3 is 0 Å². The molecule has 1 fully saturated rings. The lowest BCUT2D eigenvalue weighted by Gasteiger charge is -2.38. The largest absolute Gasteiger partial charge is 0.395 e. The van der Waals surface area contributed by atoms with E-state index in [1.165, 1.54) is 0 Å². The van der Waals surface area contributed by atoms with Crippen LogP contribution in [-0.4, -0.2) is 66.6 Å². The minimum absolute atomic E-state index is 0.223. The second kappa shape index (κ2) is 6.99. The normalized spacial score (nSPS) is 23.6. The molecule has 1 saturated heterocycles. The smallest absolute Gasteiger partial charge is 0.132 e. The van der Waals surface area contributed by atoms with Crippen LogP contribution in [0.2, 0.25) is 0 Å². The summed E-state index contributed by atoms with van der Waals surface area (Å²) in [4.78, 5) is 15.7. The summed E-state index contributed by atoms with van der Waals surface area (Å²) in [5, 5.41) is 9.21. The van der Waals surface area contributed by atoms with Gasteiger partial charge in [-0.05, 0) is 20.0 Å². The summed E-state index contributed by atoms with van der Waals surface area (Å²) >= 11 is 0. The van der Waals surface area contributed by atoms with Crippen LogP contribution in [-0.2, 0) is 4.79 Å². The summed E-state index contributed by atoms with van der Waals surface area (Å²) in [6.07, 6.45) is 2.31. The molecule has 16 heavy (non-hydrogen) atoms. The molecule has 0 aromatic heterocycles. The molecule has 0 aromatic rings. The average molecular weight is 228 g/mol. The van der Waals surface area contributed by atoms with Crippen molar-refractivity contribution < 1.29 is 9.90 Å². The van der Waals surface area contributed by atoms with Gasteiger partial charge in [-0.2, -0.15) is 0 Å². The fourth-order valence-electron chi connectivity index (χ4n) is 2.09. The number of aliphatic hydroxyl groups is 1. The highest BCUT2D eigenvalue weighted by atomic mass is 16.3. The zero-order valence-electron chi connectivity index (χ0n) is 10.5. The van der Waals surface area contributed by atoms with E-state index < -0.39 is 0 Å². The Morgan fingerprint density at radius 1 is 1.44 bits per heavy atom. The molecule has 0 spiro atoms. The lowest BCUT2D eigenvalue weighted by molar-refractivity contribution is -0.118. The zero-order chi connectivity index (χ0) is 12.0. The third-order valence-electron chi connectivity index (χ3n) is 3.40. The zero-order valence-corrected chi connectivity index (χ0v) is 10.5. The molecular weight excluding hydrogens is 204 g/mol. The fourth-order valence-corrected chi connectivity index (χ4v) is 2.09. The number of hydrogen-bond donors (Lipinski definition) is 1. The molecule has 1 N–H and O–H groups in total. The van der Waals surface area contributed by atoms with Crippen LogP contribution >= 0.6 is 0 Å². The molecule has 4 nitrogen and oxygen atoms in total. The summed E-state index contributed by atoms with van der Waals surface area (Å²) in [5.74, 6) is 0.354. The first-order valence-electron chi connectivity index (χ1n) is 6.22. The van der Waals surface area contributed by atoms with E-state index in [2.05, 4.69) is 16.8 Å². The molecule has 1 aliphatic rings. The first kappa shape index (κ1) is 13.6. The van der Waals surface area contributed by atoms with Crippen LogP contribution in [0, 0.1) is 0 Å². The van der Waals surface area contributed by atoms with Crippen LogP contribution in [0.4, 0.5) is 0 Å². The number of hydrogen-bond acceptors (Lipinski definition) is 4. The predicted molar refractivity (Wildman–Crippen MR) is 64.5 cm³/mol. The van der Waals surface area contributed by atoms with Crippen molar-refractivity contribution in [3.05, 3.63) is 0 Å². The van der Waals surface area contributed by atoms with E-state index in [4.69, 9.17) is 0 Å². The van der Waals surface area contributed by atoms with Crippen molar-refractivity contribution in [2.45, 2.75) is 32.2 Å². The Kier molecular flexibility index (Phi) is 5.95. The number of likely N-dealkylation sites (N-methyl/N-ethyl adjacent to an activating group) is 1. The summed E-state index contributed by atoms with van der Waals surface area (Å²) in [6.45, 7) is 6.10. The van der Waals surface area contributed by atoms with Crippen LogP contribution in [0.15, 0.2) is 0 Å². The lowest BCUT2D eigenvalue weighted by Crippen LogP contribution is -2.53. The minimum Gasteiger partial charge on any atom is -0.395 e. The van der Waals surface area contributed by atoms with Gasteiger partial charge in [-0.25, -0.2) is 0 Å². The van der Waals surface area contributed by atoms with Crippen LogP contribution in [0.3, 0.4) is 0 Å². The van der Waals surface area contributed by atoms with Gasteiger partial charge in [0.15, 0.2) is 0 Å². The van der Waals surface area contributed by atoms with Gasteiger partial charge in [-0.15, -0.1) is 0 Å². The summed E-state index contributed by atoms with van der Waals surface area (Å²) in [6, 6.07) is 0.260. The number of Topliss-reactive ketones (excluding diaryl/α,β-unsaturated/α-hetero) is 1. The van der Waals surface area contributed by atoms with Crippen molar-refractivity contribution in [3.63, 3.8) is 0 Å². The summed E-state index contributed by atoms with van der Waals surface area (Å²) < 4.78 is 0. The maximum Gasteiger partial charge on any atom is 0.132 e. The Labute approximate surface area is 98.2 Å². The van der Waals surface area contributed by atoms with E-state index in [1.54, 1.807) is 0 Å². The molecule has 0 bridgehead atoms. The molecule has 1 atom stereocenters. The Hall–Kier alpha value is -0.450. The van der Waals surface area contributed by atoms with Crippen LogP contribution in [0.25, 0.3) is 0 Å². The van der Waals surface area contributed by atoms with Crippen molar-refractivity contribution in [1.29, 1.82) is 0 Å². The number of carbonyl (C=O) groups excluding carboxylic acids is 1. The van der Waals surface area contributed by atoms with Gasteiger partial charge < -0.3 is 10.0 Å². The Balaban J connectivity index is 2.20. The van der Waals surface area contributed by atoms with Crippen LogP contribution in [0.5, 0.6) is 0 Å². The molecule has 0 amide bonds. The molecule has 1 rings (SSSR count). The number of aliphatic hydroxyl groups excluding tert-OH is 1. The third-order valence-corrected chi connectivity index (χ3v) is 3.40. The van der Waals surface area contributed by atoms with E-state index >= 15 is 0 Å². The topological polar surface area (TPSA) is 43.8 Å². The monoisotopic (exact) mass is 228 g/mol. The minimum atomic E-state index is 0.223. The average Bonchev–Trinajstić information content (AvgIpc) is 2.31. The van der Waals surface area contributed by atoms with Gasteiger partial charge in [0.05, 0.1) is 6.61 Å². The Morgan fingerprint density at radius 3 is 2.81 bits per heavy atom. The Bertz CT molecular complexity index is 221. The highest BCUT2D eigenvalue weighted by Crippen LogP contribution is 2.08. The number of carbonyl (C=O) groups is 1. The van der Waals surface area contributed by atoms with Gasteiger partial charge in [0.25, 0.3) is 0 Å². The molecule has 0 aromatic carbocycles. The van der Waals surface area contributed by atoms with E-state index in [0.717, 1.165) is 32.6 Å². The van der Waals surface area contributed by atoms with Crippen molar-refractivity contribution in [2.24, 2.45) is 0 Å². The van der Waals surface area contributed by atoms with Crippen LogP contribution in [0.1, 0.15) is 26.2 Å². The van der Waals surface area contributed by atoms with Gasteiger partial charge in [-0.1, -0.05) is 6.92 Å². The fraction of sp³-hybridized carbons (Fsp3) is 0.917. The van der Waals surface area contributed by atoms with E-state index in [9.17, 15) is 9.90 Å². The lowest BCUT2D eigenvalue weighted by atomic mass is 10.1. The SMILES string of the molecule is CCC(=O)CCCN1CCN(C)C(CO)C1. The maximum atomic E-state index is 11.2. The molecule has 94 valence electrons. The van der Waals surface area contributed by atoms with Gasteiger partial charge in [0, 0.05) is 38.5 Å². The number of rotatable bonds is 6. The molecule has 0 saturated carbocycles. The van der Waals surface area contributed by atoms with Gasteiger partial charge in [0.1, 0.15) is 5.78 Å². The van der Waals surface area contributed by atoms with Crippen molar-refractivity contribution in [3.8, 4) is 0 Å². The number of nitrogens with zero attached hydrogens (tertiary/aromatic N) is 2.